The van der Waals surface area contributed by atoms with E-state index in [9.17, 15) is 24.0 Å². The van der Waals surface area contributed by atoms with Gasteiger partial charge in [-0.2, -0.15) is 19.2 Å². The number of halogens is 4. The van der Waals surface area contributed by atoms with Gasteiger partial charge in [-0.1, -0.05) is 66.9 Å². The van der Waals surface area contributed by atoms with Crippen LogP contribution in [0, 0.1) is 70.6 Å². The Morgan fingerprint density at radius 2 is 0.916 bits per heavy atom. The zero-order chi connectivity index (χ0) is 89.7. The number of aryl methyl sites for hydroxylation is 4. The number of hydrogen-bond donors (Lipinski definition) is 5. The molecule has 1 unspecified atom stereocenters. The molecule has 0 saturated carbocycles. The number of rotatable bonds is 27. The monoisotopic (exact) mass is 1840 g/mol. The maximum Gasteiger partial charge on any atom is 1.00 e. The van der Waals surface area contributed by atoms with Crippen molar-refractivity contribution >= 4 is 144 Å². The van der Waals surface area contributed by atoms with Crippen molar-refractivity contribution in [1.82, 2.24) is 0 Å². The first kappa shape index (κ1) is 135. The Balaban J connectivity index is -0.0000000991. The van der Waals surface area contributed by atoms with E-state index in [-0.39, 0.29) is 167 Å². The summed E-state index contributed by atoms with van der Waals surface area (Å²) >= 11 is 12.2. The van der Waals surface area contributed by atoms with E-state index in [2.05, 4.69) is 97.5 Å². The number of ether oxygens (including phenoxy) is 9. The molecule has 6 rings (SSSR count). The van der Waals surface area contributed by atoms with Crippen molar-refractivity contribution in [3.05, 3.63) is 217 Å². The average molecular weight is 1840 g/mol. The van der Waals surface area contributed by atoms with Crippen molar-refractivity contribution in [3.63, 3.8) is 0 Å². The second kappa shape index (κ2) is 92.9. The summed E-state index contributed by atoms with van der Waals surface area (Å²) in [6, 6.07) is 33.8. The van der Waals surface area contributed by atoms with Crippen LogP contribution >= 0.6 is 61.7 Å². The van der Waals surface area contributed by atoms with E-state index in [0.29, 0.717) is 49.7 Å². The molecule has 0 saturated heterocycles. The maximum absolute atomic E-state index is 12.4. The molecule has 0 spiro atoms. The molecule has 0 amide bonds. The standard InChI is InChI=1S/C19H25NO4.C10H10BrNO.C10H11NO.C10H12O3.C9H11ClO.C9H16O3.C9H12O2.CH5N3.CN.2CO2.Al.BHNS.Cl2OS.Li.2Na.5H/c1-5-7-8-17(21)16(19(22)24-6-2)12-15-11-14(13-20-3)9-10-18(15)23-4;1-12-7-8-3-4-10(13-2)9(5-8)6-11;1-8-6-9(7-11-2)4-5-10(8)12-3;1-7-6-8(10(11)13-3)4-5-9(7)12-2;1-7-5-8(6-10)3-4-9(7)11-2;1-3-5-6-8(10)7-9(11)12-4-2;1-7-5-8(6-10)3-4-9(7)11-2;2-1(3)4;1-2;2*2-1-3;;1-2-3;1-4(2)3;;;;;;;;/h9-11,16H,5-8,12-13H2,1-2,4H3;3-5H,6-7H2,2H3;4-6H,7H2,1,3H3;4-6H,1-3H3;3-5H,6H2,1-2H3;3-7H2,1-2H3;3-5,10H,6H2,1-2H3;(H5,2,3,4);;;;;3H;;;;;;;;;/q;;;;;;;;-1;;;;;;3*+1;;;;2*-1. The van der Waals surface area contributed by atoms with Gasteiger partial charge in [-0.25, -0.2) is 28.7 Å². The molecule has 1 radical (unpaired) electrons. The SMILES string of the molecule is CCCCC(=O)CC(=O)OCC.COC(=O)c1ccc(OC)c(C)c1.COc1ccc(CCl)cc1C.COc1ccc(CO)cc1C.N=C(N)N.O=C=O.O=C=O.O=S(Cl)Cl.[AlH3].[B]=NS.[C-]#N.[C-]#[N+]Cc1ccc(OC)c(C)c1.[C-]#[N+]Cc1ccc(OC)c(CBr)c1.[C-]#[N+]Cc1ccc(OC)c(CC(C(=O)CCCC)C(=O)OCC)c1.[H-].[H-].[Li+].[Na+].[Na+]. The molecule has 119 heavy (non-hydrogen) atoms. The number of nitrogens with two attached hydrogens (primary N) is 2. The number of nitrogens with zero attached hydrogens (tertiary/aromatic N) is 5. The summed E-state index contributed by atoms with van der Waals surface area (Å²) in [5.41, 5.74) is 20.5. The molecule has 0 bridgehead atoms. The number of methoxy groups -OCH3 is 7. The van der Waals surface area contributed by atoms with E-state index in [0.717, 1.165) is 121 Å². The summed E-state index contributed by atoms with van der Waals surface area (Å²) < 4.78 is 56.9. The van der Waals surface area contributed by atoms with Crippen LogP contribution in [0.1, 0.15) is 147 Å². The van der Waals surface area contributed by atoms with Gasteiger partial charge in [0.1, 0.15) is 58.4 Å². The Hall–Kier alpha value is -7.34. The second-order valence-corrected chi connectivity index (χ2v) is 25.5. The number of guanidine groups is 1. The molecule has 0 aromatic heterocycles. The molecule has 1 atom stereocenters. The first-order valence-electron chi connectivity index (χ1n) is 33.9. The van der Waals surface area contributed by atoms with Gasteiger partial charge in [0.15, 0.2) is 23.3 Å². The number of aliphatic hydroxyl groups is 1. The number of thiol groups is 1. The number of ketones is 2. The Labute approximate surface area is 802 Å². The van der Waals surface area contributed by atoms with Gasteiger partial charge in [-0.05, 0) is 185 Å². The van der Waals surface area contributed by atoms with Crippen molar-refractivity contribution in [2.24, 2.45) is 21.7 Å². The van der Waals surface area contributed by atoms with Crippen molar-refractivity contribution in [2.75, 3.05) is 63.0 Å². The normalized spacial score (nSPS) is 8.77. The van der Waals surface area contributed by atoms with E-state index in [1.165, 1.54) is 7.11 Å². The Morgan fingerprint density at radius 1 is 0.605 bits per heavy atom. The van der Waals surface area contributed by atoms with Crippen LogP contribution < -0.4 is 118 Å². The van der Waals surface area contributed by atoms with Crippen LogP contribution in [0.2, 0.25) is 0 Å². The summed E-state index contributed by atoms with van der Waals surface area (Å²) in [7, 11) is 22.8. The number of hydrogen-bond acceptors (Lipinski definition) is 24. The van der Waals surface area contributed by atoms with Gasteiger partial charge in [-0.3, -0.25) is 24.6 Å². The summed E-state index contributed by atoms with van der Waals surface area (Å²) in [4.78, 5) is 100. The predicted octanol–water partition coefficient (Wildman–Crippen LogP) is 5.80. The van der Waals surface area contributed by atoms with E-state index in [1.807, 2.05) is 126 Å². The van der Waals surface area contributed by atoms with Gasteiger partial charge in [0, 0.05) is 67.7 Å². The Kier molecular flexibility index (Phi) is 105. The first-order chi connectivity index (χ1) is 54.8. The van der Waals surface area contributed by atoms with Gasteiger partial charge >= 0.3 is 133 Å². The van der Waals surface area contributed by atoms with Crippen LogP contribution in [0.15, 0.2) is 113 Å². The smallest absolute Gasteiger partial charge is 1.00 e. The van der Waals surface area contributed by atoms with Gasteiger partial charge in [-0.15, -0.1) is 11.6 Å². The molecule has 0 heterocycles. The molecule has 637 valence electrons. The number of esters is 3. The molecule has 6 N–H and O–H groups in total. The number of alkyl halides is 2. The van der Waals surface area contributed by atoms with Crippen LogP contribution in [-0.4, -0.2) is 145 Å². The number of benzene rings is 6. The van der Waals surface area contributed by atoms with E-state index < -0.39 is 27.1 Å². The molecule has 0 aliphatic rings. The van der Waals surface area contributed by atoms with Gasteiger partial charge in [0.25, 0.3) is 0 Å². The minimum atomic E-state index is -1.67. The fourth-order valence-corrected chi connectivity index (χ4v) is 9.38. The molecule has 28 nitrogen and oxygen atoms in total. The van der Waals surface area contributed by atoms with Crippen LogP contribution in [0.4, 0.5) is 0 Å². The van der Waals surface area contributed by atoms with Crippen LogP contribution in [0.5, 0.6) is 34.5 Å². The first-order valence-corrected chi connectivity index (χ1v) is 38.8. The Bertz CT molecular complexity index is 4000. The number of Topliss-reactive ketones (excluding diaryl/α,β-unsaturated/α-hetero) is 2. The number of aliphatic hydroxyl groups excluding tert-OH is 1. The largest absolute Gasteiger partial charge is 1.00 e. The third-order valence-corrected chi connectivity index (χ3v) is 14.7. The van der Waals surface area contributed by atoms with Crippen molar-refractivity contribution in [3.8, 4) is 34.5 Å². The number of unbranched alkanes of at least 4 members (excludes halogenated alkanes) is 2. The van der Waals surface area contributed by atoms with Crippen molar-refractivity contribution < 1.29 is 176 Å². The fraction of sp³-hybridized carbons (Fsp3) is 0.400. The Morgan fingerprint density at radius 3 is 1.24 bits per heavy atom. The van der Waals surface area contributed by atoms with E-state index in [1.54, 1.807) is 80.8 Å². The average Bonchev–Trinajstić information content (AvgIpc) is 0.846. The predicted molar refractivity (Wildman–Crippen MR) is 462 cm³/mol. The van der Waals surface area contributed by atoms with Crippen molar-refractivity contribution in [2.45, 2.75) is 144 Å². The molecule has 0 aliphatic carbocycles. The summed E-state index contributed by atoms with van der Waals surface area (Å²) in [5, 5.41) is 21.8. The molecular formula is C80H108AlBBrCl3LiN8Na2O20S2. The number of carbonyl (C=O) groups is 5. The third kappa shape index (κ3) is 73.1. The van der Waals surface area contributed by atoms with Crippen LogP contribution in [0.3, 0.4) is 0 Å². The van der Waals surface area contributed by atoms with E-state index in [4.69, 9.17) is 110 Å². The minimum absolute atomic E-state index is 0. The summed E-state index contributed by atoms with van der Waals surface area (Å²) in [6.07, 6.45) is 5.02. The molecule has 0 fully saturated rings. The van der Waals surface area contributed by atoms with Crippen LogP contribution in [0.25, 0.3) is 14.5 Å². The zero-order valence-corrected chi connectivity index (χ0v) is 79.9. The number of nitrogens with one attached hydrogen (secondary N) is 1. The molecule has 6 aromatic carbocycles. The van der Waals surface area contributed by atoms with Gasteiger partial charge in [0.05, 0.1) is 75.2 Å². The molecule has 0 aliphatic heterocycles. The topological polar surface area (TPSA) is 399 Å². The second-order valence-electron chi connectivity index (χ2n) is 21.9. The molecule has 39 heteroatoms. The zero-order valence-electron chi connectivity index (χ0n) is 72.3. The van der Waals surface area contributed by atoms with Gasteiger partial charge < -0.3 is 88.4 Å². The number of carbonyl (C=O) groups excluding carboxylic acids is 9. The molecular weight excluding hydrogens is 1730 g/mol. The fourth-order valence-electron chi connectivity index (χ4n) is 8.78. The van der Waals surface area contributed by atoms with E-state index >= 15 is 0 Å². The maximum atomic E-state index is 12.4. The molecule has 6 aromatic rings. The van der Waals surface area contributed by atoms with Crippen molar-refractivity contribution in [1.29, 1.82) is 10.7 Å². The minimum Gasteiger partial charge on any atom is -1.00 e. The van der Waals surface area contributed by atoms with Crippen LogP contribution in [-0.2, 0) is 106 Å². The third-order valence-electron chi connectivity index (χ3n) is 13.8. The van der Waals surface area contributed by atoms with Gasteiger partial charge in [0.2, 0.25) is 28.9 Å². The quantitative estimate of drug-likeness (QED) is 0.00388. The summed E-state index contributed by atoms with van der Waals surface area (Å²) in [6.45, 7) is 42.3. The summed E-state index contributed by atoms with van der Waals surface area (Å²) in [5.74, 6) is 2.96.